The van der Waals surface area contributed by atoms with Crippen LogP contribution in [0.25, 0.3) is 0 Å². The quantitative estimate of drug-likeness (QED) is 0.494. The topological polar surface area (TPSA) is 47.6 Å². The third kappa shape index (κ3) is 5.29. The molecule has 1 N–H and O–H groups in total. The number of rotatable bonds is 6. The molecule has 0 aliphatic heterocycles. The number of hydrogen-bond donors (Lipinski definition) is 1. The molecule has 0 aromatic heterocycles. The SMILES string of the molecule is COc1ccccc1N[C@@H](C#CC1CC1)CC(=O)Oc1ccccc1. The summed E-state index contributed by atoms with van der Waals surface area (Å²) in [6.45, 7) is 0. The summed E-state index contributed by atoms with van der Waals surface area (Å²) < 4.78 is 10.7. The average molecular weight is 335 g/mol. The fourth-order valence-corrected chi connectivity index (χ4v) is 2.36. The molecule has 0 radical (unpaired) electrons. The lowest BCUT2D eigenvalue weighted by Crippen LogP contribution is -2.24. The summed E-state index contributed by atoms with van der Waals surface area (Å²) in [7, 11) is 1.62. The van der Waals surface area contributed by atoms with Gasteiger partial charge in [-0.05, 0) is 37.1 Å². The molecule has 4 nitrogen and oxygen atoms in total. The van der Waals surface area contributed by atoms with E-state index in [9.17, 15) is 4.79 Å². The van der Waals surface area contributed by atoms with Gasteiger partial charge in [0.2, 0.25) is 0 Å². The molecule has 2 aromatic carbocycles. The van der Waals surface area contributed by atoms with E-state index in [1.807, 2.05) is 42.5 Å². The van der Waals surface area contributed by atoms with Crippen molar-refractivity contribution in [1.29, 1.82) is 0 Å². The van der Waals surface area contributed by atoms with Gasteiger partial charge in [-0.25, -0.2) is 0 Å². The molecule has 1 atom stereocenters. The summed E-state index contributed by atoms with van der Waals surface area (Å²) in [5.41, 5.74) is 0.813. The van der Waals surface area contributed by atoms with Crippen molar-refractivity contribution in [3.63, 3.8) is 0 Å². The maximum Gasteiger partial charge on any atom is 0.314 e. The first kappa shape index (κ1) is 16.9. The summed E-state index contributed by atoms with van der Waals surface area (Å²) in [5.74, 6) is 7.81. The highest BCUT2D eigenvalue weighted by atomic mass is 16.5. The molecule has 0 unspecified atom stereocenters. The van der Waals surface area contributed by atoms with Crippen LogP contribution in [0.15, 0.2) is 54.6 Å². The van der Waals surface area contributed by atoms with E-state index in [-0.39, 0.29) is 18.4 Å². The predicted molar refractivity (Wildman–Crippen MR) is 97.6 cm³/mol. The van der Waals surface area contributed by atoms with Crippen LogP contribution in [0.1, 0.15) is 19.3 Å². The van der Waals surface area contributed by atoms with Gasteiger partial charge in [0, 0.05) is 5.92 Å². The highest BCUT2D eigenvalue weighted by molar-refractivity contribution is 5.74. The second kappa shape index (κ2) is 8.25. The van der Waals surface area contributed by atoms with Gasteiger partial charge < -0.3 is 14.8 Å². The number of hydrogen-bond acceptors (Lipinski definition) is 4. The highest BCUT2D eigenvalue weighted by Gasteiger charge is 2.20. The van der Waals surface area contributed by atoms with Crippen LogP contribution in [0, 0.1) is 17.8 Å². The van der Waals surface area contributed by atoms with Gasteiger partial charge in [-0.1, -0.05) is 42.2 Å². The zero-order valence-electron chi connectivity index (χ0n) is 14.2. The Labute approximate surface area is 148 Å². The van der Waals surface area contributed by atoms with Gasteiger partial charge in [-0.2, -0.15) is 0 Å². The Kier molecular flexibility index (Phi) is 5.58. The molecule has 1 fully saturated rings. The Morgan fingerprint density at radius 1 is 1.16 bits per heavy atom. The molecule has 1 saturated carbocycles. The minimum atomic E-state index is -0.326. The Balaban J connectivity index is 1.69. The Hall–Kier alpha value is -2.93. The van der Waals surface area contributed by atoms with Crippen LogP contribution in [-0.2, 0) is 4.79 Å². The standard InChI is InChI=1S/C21H21NO3/c1-24-20-10-6-5-9-19(20)22-17(14-13-16-11-12-16)15-21(23)25-18-7-3-2-4-8-18/h2-10,16-17,22H,11-12,15H2,1H3/t17-/m0/s1. The molecule has 1 aliphatic carbocycles. The largest absolute Gasteiger partial charge is 0.495 e. The molecule has 128 valence electrons. The number of benzene rings is 2. The molecule has 0 spiro atoms. The van der Waals surface area contributed by atoms with Crippen molar-refractivity contribution >= 4 is 11.7 Å². The van der Waals surface area contributed by atoms with E-state index in [0.29, 0.717) is 11.7 Å². The Morgan fingerprint density at radius 3 is 2.60 bits per heavy atom. The number of carbonyl (C=O) groups is 1. The number of ether oxygens (including phenoxy) is 2. The fourth-order valence-electron chi connectivity index (χ4n) is 2.36. The van der Waals surface area contributed by atoms with Crippen molar-refractivity contribution in [2.75, 3.05) is 12.4 Å². The number of carbonyl (C=O) groups excluding carboxylic acids is 1. The van der Waals surface area contributed by atoms with E-state index in [1.165, 1.54) is 0 Å². The summed E-state index contributed by atoms with van der Waals surface area (Å²) in [5, 5.41) is 3.30. The van der Waals surface area contributed by atoms with E-state index in [4.69, 9.17) is 9.47 Å². The molecule has 1 aliphatic rings. The highest BCUT2D eigenvalue weighted by Crippen LogP contribution is 2.28. The Morgan fingerprint density at radius 2 is 1.88 bits per heavy atom. The van der Waals surface area contributed by atoms with E-state index >= 15 is 0 Å². The van der Waals surface area contributed by atoms with Gasteiger partial charge in [0.1, 0.15) is 11.5 Å². The first-order valence-electron chi connectivity index (χ1n) is 8.41. The number of methoxy groups -OCH3 is 1. The van der Waals surface area contributed by atoms with Crippen LogP contribution in [-0.4, -0.2) is 19.1 Å². The molecule has 4 heteroatoms. The fraction of sp³-hybridized carbons (Fsp3) is 0.286. The third-order valence-corrected chi connectivity index (χ3v) is 3.82. The van der Waals surface area contributed by atoms with E-state index < -0.39 is 0 Å². The number of nitrogens with one attached hydrogen (secondary N) is 1. The lowest BCUT2D eigenvalue weighted by atomic mass is 10.1. The number of esters is 1. The van der Waals surface area contributed by atoms with Crippen molar-refractivity contribution in [3.8, 4) is 23.3 Å². The normalized spacial score (nSPS) is 14.0. The van der Waals surface area contributed by atoms with Crippen LogP contribution in [0.5, 0.6) is 11.5 Å². The predicted octanol–water partition coefficient (Wildman–Crippen LogP) is 3.88. The minimum absolute atomic E-state index is 0.159. The summed E-state index contributed by atoms with van der Waals surface area (Å²) in [6.07, 6.45) is 2.44. The van der Waals surface area contributed by atoms with Gasteiger partial charge in [0.05, 0.1) is 25.3 Å². The van der Waals surface area contributed by atoms with Gasteiger partial charge in [-0.15, -0.1) is 0 Å². The molecular weight excluding hydrogens is 314 g/mol. The summed E-state index contributed by atoms with van der Waals surface area (Å²) in [4.78, 5) is 12.3. The average Bonchev–Trinajstić information content (AvgIpc) is 3.45. The molecule has 0 heterocycles. The maximum absolute atomic E-state index is 12.3. The first-order valence-corrected chi connectivity index (χ1v) is 8.41. The summed E-state index contributed by atoms with van der Waals surface area (Å²) in [6, 6.07) is 16.3. The number of anilines is 1. The van der Waals surface area contributed by atoms with Crippen molar-refractivity contribution in [3.05, 3.63) is 54.6 Å². The van der Waals surface area contributed by atoms with E-state index in [0.717, 1.165) is 24.3 Å². The lowest BCUT2D eigenvalue weighted by Gasteiger charge is -2.16. The minimum Gasteiger partial charge on any atom is -0.495 e. The second-order valence-corrected chi connectivity index (χ2v) is 5.95. The van der Waals surface area contributed by atoms with Gasteiger partial charge in [0.15, 0.2) is 0 Å². The van der Waals surface area contributed by atoms with Crippen LogP contribution < -0.4 is 14.8 Å². The molecule has 2 aromatic rings. The first-order chi connectivity index (χ1) is 12.2. The van der Waals surface area contributed by atoms with Crippen molar-refractivity contribution < 1.29 is 14.3 Å². The van der Waals surface area contributed by atoms with Crippen molar-refractivity contribution in [2.45, 2.75) is 25.3 Å². The molecule has 3 rings (SSSR count). The Bertz CT molecular complexity index is 772. The molecule has 0 amide bonds. The zero-order valence-corrected chi connectivity index (χ0v) is 14.2. The second-order valence-electron chi connectivity index (χ2n) is 5.95. The smallest absolute Gasteiger partial charge is 0.314 e. The van der Waals surface area contributed by atoms with Crippen molar-refractivity contribution in [1.82, 2.24) is 0 Å². The van der Waals surface area contributed by atoms with Crippen LogP contribution in [0.2, 0.25) is 0 Å². The molecule has 25 heavy (non-hydrogen) atoms. The van der Waals surface area contributed by atoms with E-state index in [2.05, 4.69) is 17.2 Å². The summed E-state index contributed by atoms with van der Waals surface area (Å²) >= 11 is 0. The third-order valence-electron chi connectivity index (χ3n) is 3.82. The zero-order chi connectivity index (χ0) is 17.5. The van der Waals surface area contributed by atoms with Crippen LogP contribution in [0.3, 0.4) is 0 Å². The molecule has 0 saturated heterocycles. The van der Waals surface area contributed by atoms with Gasteiger partial charge in [0.25, 0.3) is 0 Å². The molecule has 0 bridgehead atoms. The van der Waals surface area contributed by atoms with Crippen LogP contribution in [0.4, 0.5) is 5.69 Å². The number of para-hydroxylation sites is 3. The van der Waals surface area contributed by atoms with Crippen molar-refractivity contribution in [2.24, 2.45) is 5.92 Å². The van der Waals surface area contributed by atoms with Crippen LogP contribution >= 0.6 is 0 Å². The van der Waals surface area contributed by atoms with Gasteiger partial charge in [-0.3, -0.25) is 4.79 Å². The van der Waals surface area contributed by atoms with Gasteiger partial charge >= 0.3 is 5.97 Å². The maximum atomic E-state index is 12.3. The molecular formula is C21H21NO3. The van der Waals surface area contributed by atoms with E-state index in [1.54, 1.807) is 19.2 Å². The lowest BCUT2D eigenvalue weighted by molar-refractivity contribution is -0.134. The monoisotopic (exact) mass is 335 g/mol.